The molecule has 0 fully saturated rings. The maximum atomic E-state index is 11.1. The van der Waals surface area contributed by atoms with E-state index >= 15 is 0 Å². The number of ether oxygens (including phenoxy) is 1. The standard InChI is InChI=1S/C12H11BrO4/c1-7(6-13)16-11-5-10-8(4-9(11)14)2-3-12(15)17-10/h2-5,7,14H,6H2,1H3. The average molecular weight is 299 g/mol. The van der Waals surface area contributed by atoms with Crippen molar-refractivity contribution >= 4 is 26.9 Å². The van der Waals surface area contributed by atoms with Crippen LogP contribution in [0.4, 0.5) is 0 Å². The monoisotopic (exact) mass is 298 g/mol. The third-order valence-electron chi connectivity index (χ3n) is 2.25. The molecule has 1 unspecified atom stereocenters. The molecule has 1 atom stereocenters. The first kappa shape index (κ1) is 12.0. The Kier molecular flexibility index (Phi) is 3.38. The predicted octanol–water partition coefficient (Wildman–Crippen LogP) is 2.66. The Morgan fingerprint density at radius 3 is 2.94 bits per heavy atom. The van der Waals surface area contributed by atoms with Crippen molar-refractivity contribution < 1.29 is 14.3 Å². The van der Waals surface area contributed by atoms with E-state index in [9.17, 15) is 9.90 Å². The number of phenols is 1. The summed E-state index contributed by atoms with van der Waals surface area (Å²) in [6, 6.07) is 5.93. The quantitative estimate of drug-likeness (QED) is 0.699. The van der Waals surface area contributed by atoms with E-state index in [1.807, 2.05) is 6.92 Å². The number of hydrogen-bond donors (Lipinski definition) is 1. The second-order valence-electron chi connectivity index (χ2n) is 3.69. The van der Waals surface area contributed by atoms with Crippen LogP contribution in [0.3, 0.4) is 0 Å². The molecule has 0 spiro atoms. The highest BCUT2D eigenvalue weighted by molar-refractivity contribution is 9.09. The van der Waals surface area contributed by atoms with Crippen LogP contribution in [0.25, 0.3) is 11.0 Å². The summed E-state index contributed by atoms with van der Waals surface area (Å²) in [5.41, 5.74) is -0.0326. The van der Waals surface area contributed by atoms with Crippen LogP contribution in [-0.2, 0) is 0 Å². The van der Waals surface area contributed by atoms with Crippen LogP contribution < -0.4 is 10.4 Å². The van der Waals surface area contributed by atoms with Crippen LogP contribution in [-0.4, -0.2) is 16.5 Å². The molecule has 1 aromatic heterocycles. The van der Waals surface area contributed by atoms with E-state index < -0.39 is 5.63 Å². The van der Waals surface area contributed by atoms with Gasteiger partial charge in [-0.2, -0.15) is 0 Å². The van der Waals surface area contributed by atoms with Gasteiger partial charge in [-0.1, -0.05) is 15.9 Å². The van der Waals surface area contributed by atoms with Gasteiger partial charge in [-0.05, 0) is 19.1 Å². The fourth-order valence-corrected chi connectivity index (χ4v) is 1.56. The van der Waals surface area contributed by atoms with Gasteiger partial charge < -0.3 is 14.3 Å². The zero-order chi connectivity index (χ0) is 12.4. The molecule has 1 heterocycles. The van der Waals surface area contributed by atoms with Crippen molar-refractivity contribution in [1.29, 1.82) is 0 Å². The smallest absolute Gasteiger partial charge is 0.336 e. The highest BCUT2D eigenvalue weighted by atomic mass is 79.9. The summed E-state index contributed by atoms with van der Waals surface area (Å²) in [6.45, 7) is 1.86. The summed E-state index contributed by atoms with van der Waals surface area (Å²) >= 11 is 3.28. The van der Waals surface area contributed by atoms with Gasteiger partial charge in [0, 0.05) is 22.8 Å². The van der Waals surface area contributed by atoms with Gasteiger partial charge in [0.2, 0.25) is 0 Å². The molecule has 90 valence electrons. The van der Waals surface area contributed by atoms with E-state index in [1.54, 1.807) is 6.07 Å². The minimum Gasteiger partial charge on any atom is -0.504 e. The average Bonchev–Trinajstić information content (AvgIpc) is 2.30. The van der Waals surface area contributed by atoms with Gasteiger partial charge in [-0.3, -0.25) is 0 Å². The highest BCUT2D eigenvalue weighted by Gasteiger charge is 2.10. The molecule has 0 aliphatic carbocycles. The van der Waals surface area contributed by atoms with E-state index in [1.165, 1.54) is 18.2 Å². The SMILES string of the molecule is CC(CBr)Oc1cc2oc(=O)ccc2cc1O. The molecule has 0 saturated heterocycles. The third-order valence-corrected chi connectivity index (χ3v) is 3.16. The molecule has 17 heavy (non-hydrogen) atoms. The molecule has 1 aromatic carbocycles. The zero-order valence-electron chi connectivity index (χ0n) is 9.14. The molecule has 1 N–H and O–H groups in total. The topological polar surface area (TPSA) is 59.7 Å². The lowest BCUT2D eigenvalue weighted by Gasteiger charge is -2.13. The van der Waals surface area contributed by atoms with Gasteiger partial charge in [0.25, 0.3) is 0 Å². The number of rotatable bonds is 3. The first-order valence-electron chi connectivity index (χ1n) is 5.09. The predicted molar refractivity (Wildman–Crippen MR) is 68.0 cm³/mol. The van der Waals surface area contributed by atoms with Crippen LogP contribution in [0.1, 0.15) is 6.92 Å². The molecule has 2 aromatic rings. The molecule has 0 radical (unpaired) electrons. The first-order valence-corrected chi connectivity index (χ1v) is 6.22. The summed E-state index contributed by atoms with van der Waals surface area (Å²) in [6.07, 6.45) is -0.0891. The zero-order valence-corrected chi connectivity index (χ0v) is 10.7. The van der Waals surface area contributed by atoms with E-state index in [0.717, 1.165) is 0 Å². The summed E-state index contributed by atoms with van der Waals surface area (Å²) in [5.74, 6) is 0.331. The molecule has 2 rings (SSSR count). The normalized spacial score (nSPS) is 12.6. The molecular formula is C12H11BrO4. The van der Waals surface area contributed by atoms with Crippen molar-refractivity contribution in [3.63, 3.8) is 0 Å². The summed E-state index contributed by atoms with van der Waals surface area (Å²) in [5, 5.41) is 11.1. The minimum atomic E-state index is -0.428. The lowest BCUT2D eigenvalue weighted by Crippen LogP contribution is -2.12. The molecular weight excluding hydrogens is 288 g/mol. The van der Waals surface area contributed by atoms with Gasteiger partial charge in [0.05, 0.1) is 0 Å². The Labute approximate surface area is 106 Å². The van der Waals surface area contributed by atoms with Crippen molar-refractivity contribution in [2.45, 2.75) is 13.0 Å². The van der Waals surface area contributed by atoms with Crippen LogP contribution in [0.2, 0.25) is 0 Å². The number of alkyl halides is 1. The summed E-state index contributed by atoms with van der Waals surface area (Å²) < 4.78 is 10.5. The van der Waals surface area contributed by atoms with Crippen LogP contribution in [0, 0.1) is 0 Å². The van der Waals surface area contributed by atoms with E-state index in [2.05, 4.69) is 15.9 Å². The number of benzene rings is 1. The van der Waals surface area contributed by atoms with Gasteiger partial charge in [-0.15, -0.1) is 0 Å². The van der Waals surface area contributed by atoms with Crippen molar-refractivity contribution in [3.8, 4) is 11.5 Å². The Bertz CT molecular complexity index is 591. The molecule has 0 aliphatic rings. The fraction of sp³-hybridized carbons (Fsp3) is 0.250. The van der Waals surface area contributed by atoms with Crippen molar-refractivity contribution in [2.75, 3.05) is 5.33 Å². The lowest BCUT2D eigenvalue weighted by atomic mass is 10.2. The molecule has 0 aliphatic heterocycles. The van der Waals surface area contributed by atoms with Gasteiger partial charge in [-0.25, -0.2) is 4.79 Å². The molecule has 5 heteroatoms. The van der Waals surface area contributed by atoms with E-state index in [4.69, 9.17) is 9.15 Å². The Morgan fingerprint density at radius 1 is 1.47 bits per heavy atom. The number of fused-ring (bicyclic) bond motifs is 1. The van der Waals surface area contributed by atoms with Crippen molar-refractivity contribution in [2.24, 2.45) is 0 Å². The fourth-order valence-electron chi connectivity index (χ4n) is 1.43. The highest BCUT2D eigenvalue weighted by Crippen LogP contribution is 2.31. The van der Waals surface area contributed by atoms with Gasteiger partial charge >= 0.3 is 5.63 Å². The number of phenolic OH excluding ortho intramolecular Hbond substituents is 1. The maximum Gasteiger partial charge on any atom is 0.336 e. The number of hydrogen-bond acceptors (Lipinski definition) is 4. The molecule has 4 nitrogen and oxygen atoms in total. The second-order valence-corrected chi connectivity index (χ2v) is 4.34. The molecule has 0 bridgehead atoms. The van der Waals surface area contributed by atoms with Crippen LogP contribution >= 0.6 is 15.9 Å². The summed E-state index contributed by atoms with van der Waals surface area (Å²) in [4.78, 5) is 11.1. The summed E-state index contributed by atoms with van der Waals surface area (Å²) in [7, 11) is 0. The Hall–Kier alpha value is -1.49. The van der Waals surface area contributed by atoms with Gasteiger partial charge in [0.1, 0.15) is 11.7 Å². The van der Waals surface area contributed by atoms with Crippen molar-refractivity contribution in [3.05, 3.63) is 34.7 Å². The maximum absolute atomic E-state index is 11.1. The number of halogens is 1. The Morgan fingerprint density at radius 2 is 2.24 bits per heavy atom. The minimum absolute atomic E-state index is 0.0270. The third kappa shape index (κ3) is 2.61. The Balaban J connectivity index is 2.49. The first-order chi connectivity index (χ1) is 8.10. The molecule has 0 saturated carbocycles. The lowest BCUT2D eigenvalue weighted by molar-refractivity contribution is 0.237. The van der Waals surface area contributed by atoms with Gasteiger partial charge in [0.15, 0.2) is 11.5 Å². The molecule has 0 amide bonds. The van der Waals surface area contributed by atoms with E-state index in [-0.39, 0.29) is 11.9 Å². The van der Waals surface area contributed by atoms with Crippen LogP contribution in [0.5, 0.6) is 11.5 Å². The van der Waals surface area contributed by atoms with Crippen LogP contribution in [0.15, 0.2) is 33.5 Å². The van der Waals surface area contributed by atoms with E-state index in [0.29, 0.717) is 22.0 Å². The largest absolute Gasteiger partial charge is 0.504 e. The number of aromatic hydroxyl groups is 1. The second kappa shape index (κ2) is 4.79. The van der Waals surface area contributed by atoms with Crippen molar-refractivity contribution in [1.82, 2.24) is 0 Å².